The minimum Gasteiger partial charge on any atom is -0.367 e. The summed E-state index contributed by atoms with van der Waals surface area (Å²) in [5, 5.41) is 0. The van der Waals surface area contributed by atoms with E-state index in [1.165, 1.54) is 17.4 Å². The number of rotatable bonds is 4. The SMILES string of the molecule is CC(C)c1[nH]c(=O)sc1CN1CCN(c2ccccc2F)CC1. The van der Waals surface area contributed by atoms with Crippen LogP contribution < -0.4 is 9.77 Å². The molecule has 1 aliphatic rings. The summed E-state index contributed by atoms with van der Waals surface area (Å²) in [5.74, 6) is 0.163. The molecule has 0 atom stereocenters. The van der Waals surface area contributed by atoms with Crippen molar-refractivity contribution >= 4 is 17.0 Å². The Bertz CT molecular complexity index is 717. The number of nitrogens with one attached hydrogen (secondary N) is 1. The molecule has 0 aliphatic carbocycles. The van der Waals surface area contributed by atoms with Crippen LogP contribution in [0.25, 0.3) is 0 Å². The van der Waals surface area contributed by atoms with Gasteiger partial charge in [-0.3, -0.25) is 9.69 Å². The van der Waals surface area contributed by atoms with E-state index in [9.17, 15) is 9.18 Å². The Hall–Kier alpha value is -1.66. The van der Waals surface area contributed by atoms with Crippen molar-refractivity contribution in [1.82, 2.24) is 9.88 Å². The fraction of sp³-hybridized carbons (Fsp3) is 0.471. The molecular formula is C17H22FN3OS. The molecule has 1 aliphatic heterocycles. The lowest BCUT2D eigenvalue weighted by Gasteiger charge is -2.36. The Morgan fingerprint density at radius 1 is 1.22 bits per heavy atom. The van der Waals surface area contributed by atoms with Gasteiger partial charge in [0.05, 0.1) is 5.69 Å². The van der Waals surface area contributed by atoms with Crippen LogP contribution >= 0.6 is 11.3 Å². The third-order valence-electron chi connectivity index (χ3n) is 4.26. The Balaban J connectivity index is 1.64. The molecule has 1 saturated heterocycles. The van der Waals surface area contributed by atoms with Crippen LogP contribution in [0.5, 0.6) is 0 Å². The maximum atomic E-state index is 13.9. The maximum absolute atomic E-state index is 13.9. The first-order valence-corrected chi connectivity index (χ1v) is 8.80. The summed E-state index contributed by atoms with van der Waals surface area (Å²) in [6.45, 7) is 8.34. The lowest BCUT2D eigenvalue weighted by molar-refractivity contribution is 0.250. The van der Waals surface area contributed by atoms with Crippen molar-refractivity contribution < 1.29 is 4.39 Å². The second-order valence-corrected chi connectivity index (χ2v) is 7.29. The van der Waals surface area contributed by atoms with Crippen LogP contribution in [0.4, 0.5) is 10.1 Å². The summed E-state index contributed by atoms with van der Waals surface area (Å²) in [5.41, 5.74) is 1.73. The minimum absolute atomic E-state index is 0.0219. The van der Waals surface area contributed by atoms with Crippen LogP contribution in [0.2, 0.25) is 0 Å². The first-order valence-electron chi connectivity index (χ1n) is 7.98. The van der Waals surface area contributed by atoms with Gasteiger partial charge < -0.3 is 9.88 Å². The maximum Gasteiger partial charge on any atom is 0.304 e. The number of halogens is 1. The average molecular weight is 335 g/mol. The van der Waals surface area contributed by atoms with Gasteiger partial charge in [-0.15, -0.1) is 0 Å². The van der Waals surface area contributed by atoms with E-state index in [1.54, 1.807) is 6.07 Å². The Kier molecular flexibility index (Phi) is 4.82. The Morgan fingerprint density at radius 3 is 2.57 bits per heavy atom. The zero-order valence-corrected chi connectivity index (χ0v) is 14.3. The normalized spacial score (nSPS) is 16.3. The standard InChI is InChI=1S/C17H22FN3OS/c1-12(2)16-15(23-17(22)19-16)11-20-7-9-21(10-8-20)14-6-4-3-5-13(14)18/h3-6,12H,7-11H2,1-2H3,(H,19,22). The molecule has 3 rings (SSSR count). The van der Waals surface area contributed by atoms with Crippen molar-refractivity contribution in [2.24, 2.45) is 0 Å². The number of aromatic nitrogens is 1. The summed E-state index contributed by atoms with van der Waals surface area (Å²) in [7, 11) is 0. The van der Waals surface area contributed by atoms with Crippen LogP contribution in [0.15, 0.2) is 29.1 Å². The van der Waals surface area contributed by atoms with E-state index in [-0.39, 0.29) is 10.7 Å². The van der Waals surface area contributed by atoms with Crippen molar-refractivity contribution in [3.63, 3.8) is 0 Å². The van der Waals surface area contributed by atoms with Crippen LogP contribution in [0.1, 0.15) is 30.3 Å². The van der Waals surface area contributed by atoms with Crippen molar-refractivity contribution in [2.45, 2.75) is 26.3 Å². The number of aromatic amines is 1. The Labute approximate surface area is 139 Å². The summed E-state index contributed by atoms with van der Waals surface area (Å²) in [6.07, 6.45) is 0. The van der Waals surface area contributed by atoms with E-state index in [4.69, 9.17) is 0 Å². The molecule has 23 heavy (non-hydrogen) atoms. The number of hydrogen-bond acceptors (Lipinski definition) is 4. The van der Waals surface area contributed by atoms with Crippen LogP contribution in [0.3, 0.4) is 0 Å². The van der Waals surface area contributed by atoms with Crippen LogP contribution in [-0.4, -0.2) is 36.1 Å². The van der Waals surface area contributed by atoms with Gasteiger partial charge in [-0.25, -0.2) is 4.39 Å². The first-order chi connectivity index (χ1) is 11.0. The van der Waals surface area contributed by atoms with Gasteiger partial charge in [0.2, 0.25) is 0 Å². The zero-order chi connectivity index (χ0) is 16.4. The van der Waals surface area contributed by atoms with Gasteiger partial charge in [-0.1, -0.05) is 37.3 Å². The fourth-order valence-electron chi connectivity index (χ4n) is 3.01. The molecule has 0 unspecified atom stereocenters. The van der Waals surface area contributed by atoms with E-state index in [2.05, 4.69) is 28.6 Å². The molecule has 124 valence electrons. The Morgan fingerprint density at radius 2 is 1.91 bits per heavy atom. The highest BCUT2D eigenvalue weighted by molar-refractivity contribution is 7.09. The molecular weight excluding hydrogens is 313 g/mol. The zero-order valence-electron chi connectivity index (χ0n) is 13.5. The second kappa shape index (κ2) is 6.84. The van der Waals surface area contributed by atoms with Gasteiger partial charge in [0, 0.05) is 43.3 Å². The number of benzene rings is 1. The van der Waals surface area contributed by atoms with Crippen molar-refractivity contribution in [3.05, 3.63) is 50.3 Å². The molecule has 0 saturated carbocycles. The molecule has 0 radical (unpaired) electrons. The molecule has 4 nitrogen and oxygen atoms in total. The summed E-state index contributed by atoms with van der Waals surface area (Å²) >= 11 is 1.31. The molecule has 1 aromatic carbocycles. The van der Waals surface area contributed by atoms with Crippen molar-refractivity contribution in [2.75, 3.05) is 31.1 Å². The van der Waals surface area contributed by atoms with Crippen LogP contribution in [-0.2, 0) is 6.54 Å². The number of hydrogen-bond donors (Lipinski definition) is 1. The number of piperazine rings is 1. The largest absolute Gasteiger partial charge is 0.367 e. The molecule has 1 N–H and O–H groups in total. The lowest BCUT2D eigenvalue weighted by atomic mass is 10.1. The quantitative estimate of drug-likeness (QED) is 0.933. The third-order valence-corrected chi connectivity index (χ3v) is 5.15. The molecule has 6 heteroatoms. The van der Waals surface area contributed by atoms with E-state index in [1.807, 2.05) is 12.1 Å². The van der Waals surface area contributed by atoms with Gasteiger partial charge in [-0.05, 0) is 18.1 Å². The second-order valence-electron chi connectivity index (χ2n) is 6.22. The van der Waals surface area contributed by atoms with Gasteiger partial charge in [0.25, 0.3) is 0 Å². The highest BCUT2D eigenvalue weighted by atomic mass is 32.1. The highest BCUT2D eigenvalue weighted by Gasteiger charge is 2.21. The average Bonchev–Trinajstić information content (AvgIpc) is 2.90. The van der Waals surface area contributed by atoms with Crippen molar-refractivity contribution in [3.8, 4) is 0 Å². The van der Waals surface area contributed by atoms with Crippen molar-refractivity contribution in [1.29, 1.82) is 0 Å². The molecule has 0 spiro atoms. The van der Waals surface area contributed by atoms with Gasteiger partial charge in [0.1, 0.15) is 5.82 Å². The summed E-state index contributed by atoms with van der Waals surface area (Å²) < 4.78 is 13.9. The molecule has 0 amide bonds. The van der Waals surface area contributed by atoms with E-state index in [0.717, 1.165) is 43.3 Å². The molecule has 1 aromatic heterocycles. The topological polar surface area (TPSA) is 39.3 Å². The summed E-state index contributed by atoms with van der Waals surface area (Å²) in [6, 6.07) is 6.93. The molecule has 2 heterocycles. The fourth-order valence-corrected chi connectivity index (χ4v) is 4.04. The van der Waals surface area contributed by atoms with Gasteiger partial charge >= 0.3 is 4.87 Å². The molecule has 1 fully saturated rings. The smallest absolute Gasteiger partial charge is 0.304 e. The third kappa shape index (κ3) is 3.64. The first kappa shape index (κ1) is 16.2. The number of nitrogens with zero attached hydrogens (tertiary/aromatic N) is 2. The minimum atomic E-state index is -0.160. The molecule has 2 aromatic rings. The highest BCUT2D eigenvalue weighted by Crippen LogP contribution is 2.23. The predicted octanol–water partition coefficient (Wildman–Crippen LogP) is 3.02. The number of para-hydroxylation sites is 1. The predicted molar refractivity (Wildman–Crippen MR) is 92.9 cm³/mol. The van der Waals surface area contributed by atoms with E-state index in [0.29, 0.717) is 11.6 Å². The monoisotopic (exact) mass is 335 g/mol. The van der Waals surface area contributed by atoms with Crippen LogP contribution in [0, 0.1) is 5.82 Å². The van der Waals surface area contributed by atoms with Gasteiger partial charge in [0.15, 0.2) is 0 Å². The summed E-state index contributed by atoms with van der Waals surface area (Å²) in [4.78, 5) is 20.2. The molecule has 0 bridgehead atoms. The number of H-pyrrole nitrogens is 1. The van der Waals surface area contributed by atoms with E-state index >= 15 is 0 Å². The van der Waals surface area contributed by atoms with E-state index < -0.39 is 0 Å². The van der Waals surface area contributed by atoms with Gasteiger partial charge in [-0.2, -0.15) is 0 Å². The lowest BCUT2D eigenvalue weighted by Crippen LogP contribution is -2.46. The number of thiazole rings is 1. The number of anilines is 1.